The standard InChI is InChI=1S/C13H14F2N4O/c1-19-10-4-6-16-7-9(10)11(18-19)8-3-2-5-17-12(8)20-13(14)15/h2-3,5,13,16H,4,6-7H2,1H3. The molecule has 0 aliphatic carbocycles. The molecule has 1 aliphatic rings. The second-order valence-electron chi connectivity index (χ2n) is 4.56. The van der Waals surface area contributed by atoms with Crippen molar-refractivity contribution in [2.75, 3.05) is 6.54 Å². The first kappa shape index (κ1) is 13.0. The van der Waals surface area contributed by atoms with Crippen LogP contribution in [0.25, 0.3) is 11.3 Å². The number of nitrogens with one attached hydrogen (secondary N) is 1. The van der Waals surface area contributed by atoms with Crippen LogP contribution in [0.4, 0.5) is 8.78 Å². The highest BCUT2D eigenvalue weighted by molar-refractivity contribution is 5.69. The van der Waals surface area contributed by atoms with Gasteiger partial charge in [-0.05, 0) is 12.1 Å². The highest BCUT2D eigenvalue weighted by Crippen LogP contribution is 2.32. The van der Waals surface area contributed by atoms with Crippen molar-refractivity contribution in [3.05, 3.63) is 29.6 Å². The van der Waals surface area contributed by atoms with E-state index in [-0.39, 0.29) is 5.88 Å². The van der Waals surface area contributed by atoms with Crippen LogP contribution in [0.2, 0.25) is 0 Å². The van der Waals surface area contributed by atoms with E-state index in [1.807, 2.05) is 7.05 Å². The van der Waals surface area contributed by atoms with Gasteiger partial charge in [-0.1, -0.05) is 0 Å². The molecule has 0 unspecified atom stereocenters. The lowest BCUT2D eigenvalue weighted by Crippen LogP contribution is -2.24. The van der Waals surface area contributed by atoms with Gasteiger partial charge >= 0.3 is 6.61 Å². The SMILES string of the molecule is Cn1nc(-c2cccnc2OC(F)F)c2c1CCNC2. The number of aryl methyl sites for hydroxylation is 1. The van der Waals surface area contributed by atoms with E-state index in [0.29, 0.717) is 17.8 Å². The van der Waals surface area contributed by atoms with E-state index in [4.69, 9.17) is 0 Å². The molecule has 106 valence electrons. The predicted octanol–water partition coefficient (Wildman–Crippen LogP) is 1.73. The monoisotopic (exact) mass is 280 g/mol. The molecule has 0 radical (unpaired) electrons. The Morgan fingerprint density at radius 3 is 3.10 bits per heavy atom. The fourth-order valence-electron chi connectivity index (χ4n) is 2.49. The Hall–Kier alpha value is -2.02. The van der Waals surface area contributed by atoms with Crippen molar-refractivity contribution in [2.45, 2.75) is 19.6 Å². The first-order valence-electron chi connectivity index (χ1n) is 6.32. The van der Waals surface area contributed by atoms with Crippen LogP contribution >= 0.6 is 0 Å². The number of aromatic nitrogens is 3. The first-order valence-corrected chi connectivity index (χ1v) is 6.32. The molecule has 0 atom stereocenters. The third-order valence-corrected chi connectivity index (χ3v) is 3.34. The van der Waals surface area contributed by atoms with Gasteiger partial charge in [0, 0.05) is 44.0 Å². The molecular weight excluding hydrogens is 266 g/mol. The molecule has 0 saturated heterocycles. The van der Waals surface area contributed by atoms with Crippen LogP contribution in [-0.4, -0.2) is 27.9 Å². The summed E-state index contributed by atoms with van der Waals surface area (Å²) in [4.78, 5) is 3.88. The van der Waals surface area contributed by atoms with Crippen LogP contribution in [0.15, 0.2) is 18.3 Å². The van der Waals surface area contributed by atoms with Gasteiger partial charge in [0.05, 0.1) is 5.56 Å². The first-order chi connectivity index (χ1) is 9.66. The lowest BCUT2D eigenvalue weighted by molar-refractivity contribution is -0.0524. The second-order valence-corrected chi connectivity index (χ2v) is 4.56. The molecule has 0 saturated carbocycles. The minimum absolute atomic E-state index is 0.0889. The number of halogens is 2. The maximum absolute atomic E-state index is 12.5. The van der Waals surface area contributed by atoms with Gasteiger partial charge in [-0.2, -0.15) is 13.9 Å². The zero-order valence-electron chi connectivity index (χ0n) is 10.9. The molecule has 2 aromatic rings. The summed E-state index contributed by atoms with van der Waals surface area (Å²) in [7, 11) is 1.86. The van der Waals surface area contributed by atoms with E-state index in [1.165, 1.54) is 6.20 Å². The van der Waals surface area contributed by atoms with E-state index in [1.54, 1.807) is 16.8 Å². The second kappa shape index (κ2) is 5.16. The molecule has 0 aromatic carbocycles. The van der Waals surface area contributed by atoms with Gasteiger partial charge in [-0.3, -0.25) is 4.68 Å². The van der Waals surface area contributed by atoms with Gasteiger partial charge in [0.25, 0.3) is 0 Å². The number of pyridine rings is 1. The van der Waals surface area contributed by atoms with Crippen LogP contribution in [-0.2, 0) is 20.0 Å². The Labute approximate surface area is 114 Å². The number of fused-ring (bicyclic) bond motifs is 1. The minimum Gasteiger partial charge on any atom is -0.416 e. The number of rotatable bonds is 3. The molecule has 20 heavy (non-hydrogen) atoms. The lowest BCUT2D eigenvalue weighted by Gasteiger charge is -2.15. The number of hydrogen-bond acceptors (Lipinski definition) is 4. The third-order valence-electron chi connectivity index (χ3n) is 3.34. The average molecular weight is 280 g/mol. The highest BCUT2D eigenvalue weighted by atomic mass is 19.3. The van der Waals surface area contributed by atoms with Crippen LogP contribution in [0.1, 0.15) is 11.3 Å². The van der Waals surface area contributed by atoms with Crippen molar-refractivity contribution in [3.8, 4) is 17.1 Å². The van der Waals surface area contributed by atoms with Crippen molar-refractivity contribution in [3.63, 3.8) is 0 Å². The Balaban J connectivity index is 2.09. The summed E-state index contributed by atoms with van der Waals surface area (Å²) >= 11 is 0. The molecule has 1 N–H and O–H groups in total. The third kappa shape index (κ3) is 2.24. The Bertz CT molecular complexity index is 627. The van der Waals surface area contributed by atoms with Crippen molar-refractivity contribution < 1.29 is 13.5 Å². The molecular formula is C13H14F2N4O. The fraction of sp³-hybridized carbons (Fsp3) is 0.385. The summed E-state index contributed by atoms with van der Waals surface area (Å²) in [6, 6.07) is 3.38. The zero-order valence-corrected chi connectivity index (χ0v) is 10.9. The lowest BCUT2D eigenvalue weighted by atomic mass is 10.0. The molecule has 0 spiro atoms. The number of nitrogens with zero attached hydrogens (tertiary/aromatic N) is 3. The Morgan fingerprint density at radius 1 is 1.45 bits per heavy atom. The van der Waals surface area contributed by atoms with Crippen molar-refractivity contribution in [1.82, 2.24) is 20.1 Å². The quantitative estimate of drug-likeness (QED) is 0.930. The number of alkyl halides is 2. The Kier molecular flexibility index (Phi) is 3.35. The molecule has 5 nitrogen and oxygen atoms in total. The summed E-state index contributed by atoms with van der Waals surface area (Å²) < 4.78 is 31.2. The van der Waals surface area contributed by atoms with Gasteiger partial charge in [0.15, 0.2) is 0 Å². The number of ether oxygens (including phenoxy) is 1. The van der Waals surface area contributed by atoms with Crippen LogP contribution in [0, 0.1) is 0 Å². The summed E-state index contributed by atoms with van der Waals surface area (Å²) in [5.74, 6) is -0.0889. The van der Waals surface area contributed by atoms with Gasteiger partial charge in [0.2, 0.25) is 5.88 Å². The van der Waals surface area contributed by atoms with Crippen LogP contribution in [0.3, 0.4) is 0 Å². The van der Waals surface area contributed by atoms with E-state index >= 15 is 0 Å². The van der Waals surface area contributed by atoms with Crippen molar-refractivity contribution in [1.29, 1.82) is 0 Å². The van der Waals surface area contributed by atoms with Crippen LogP contribution < -0.4 is 10.1 Å². The Morgan fingerprint density at radius 2 is 2.30 bits per heavy atom. The van der Waals surface area contributed by atoms with Gasteiger partial charge < -0.3 is 10.1 Å². The normalized spacial score (nSPS) is 14.4. The molecule has 1 aliphatic heterocycles. The molecule has 2 aromatic heterocycles. The summed E-state index contributed by atoms with van der Waals surface area (Å²) in [6.07, 6.45) is 2.29. The largest absolute Gasteiger partial charge is 0.416 e. The summed E-state index contributed by atoms with van der Waals surface area (Å²) in [6.45, 7) is -1.35. The van der Waals surface area contributed by atoms with Crippen molar-refractivity contribution in [2.24, 2.45) is 7.05 Å². The van der Waals surface area contributed by atoms with E-state index in [0.717, 1.165) is 24.2 Å². The van der Waals surface area contributed by atoms with Gasteiger partial charge in [0.1, 0.15) is 5.69 Å². The predicted molar refractivity (Wildman–Crippen MR) is 68.5 cm³/mol. The molecule has 3 heterocycles. The molecule has 0 bridgehead atoms. The maximum atomic E-state index is 12.5. The summed E-state index contributed by atoms with van der Waals surface area (Å²) in [5.41, 5.74) is 3.28. The minimum atomic E-state index is -2.90. The maximum Gasteiger partial charge on any atom is 0.388 e. The topological polar surface area (TPSA) is 52.0 Å². The van der Waals surface area contributed by atoms with Crippen LogP contribution in [0.5, 0.6) is 5.88 Å². The van der Waals surface area contributed by atoms with E-state index in [9.17, 15) is 8.78 Å². The highest BCUT2D eigenvalue weighted by Gasteiger charge is 2.23. The fourth-order valence-corrected chi connectivity index (χ4v) is 2.49. The molecule has 7 heteroatoms. The molecule has 0 fully saturated rings. The molecule has 0 amide bonds. The average Bonchev–Trinajstić information content (AvgIpc) is 2.77. The zero-order chi connectivity index (χ0) is 14.1. The van der Waals surface area contributed by atoms with Gasteiger partial charge in [-0.25, -0.2) is 4.98 Å². The van der Waals surface area contributed by atoms with Crippen molar-refractivity contribution >= 4 is 0 Å². The van der Waals surface area contributed by atoms with Gasteiger partial charge in [-0.15, -0.1) is 0 Å². The smallest absolute Gasteiger partial charge is 0.388 e. The van der Waals surface area contributed by atoms with E-state index in [2.05, 4.69) is 20.1 Å². The number of hydrogen-bond donors (Lipinski definition) is 1. The summed E-state index contributed by atoms with van der Waals surface area (Å²) in [5, 5.41) is 7.70. The molecule has 3 rings (SSSR count). The van der Waals surface area contributed by atoms with E-state index < -0.39 is 6.61 Å².